The van der Waals surface area contributed by atoms with E-state index in [9.17, 15) is 4.79 Å². The molecule has 0 aliphatic heterocycles. The Bertz CT molecular complexity index is 732. The summed E-state index contributed by atoms with van der Waals surface area (Å²) in [6, 6.07) is 9.69. The summed E-state index contributed by atoms with van der Waals surface area (Å²) in [6.07, 6.45) is 0. The van der Waals surface area contributed by atoms with E-state index in [4.69, 9.17) is 0 Å². The van der Waals surface area contributed by atoms with E-state index in [1.165, 1.54) is 0 Å². The first kappa shape index (κ1) is 8.86. The summed E-state index contributed by atoms with van der Waals surface area (Å²) < 4.78 is 1.02. The average molecular weight is 259 g/mol. The molecule has 0 saturated carbocycles. The lowest BCUT2D eigenvalue weighted by molar-refractivity contribution is 1.71. The molecule has 0 unspecified atom stereocenters. The number of benzene rings is 2. The van der Waals surface area contributed by atoms with Crippen molar-refractivity contribution in [2.75, 3.05) is 0 Å². The second kappa shape index (κ2) is 2.80. The maximum absolute atomic E-state index is 11.9. The van der Waals surface area contributed by atoms with E-state index in [-0.39, 0.29) is 5.43 Å². The summed E-state index contributed by atoms with van der Waals surface area (Å²) in [5.74, 6) is 0. The molecule has 2 heteroatoms. The topological polar surface area (TPSA) is 17.1 Å². The Labute approximate surface area is 94.5 Å². The van der Waals surface area contributed by atoms with Gasteiger partial charge in [0.2, 0.25) is 0 Å². The van der Waals surface area contributed by atoms with Crippen LogP contribution in [0.2, 0.25) is 0 Å². The molecule has 15 heavy (non-hydrogen) atoms. The number of hydrogen-bond donors (Lipinski definition) is 0. The van der Waals surface area contributed by atoms with Crippen LogP contribution < -0.4 is 10.6 Å². The van der Waals surface area contributed by atoms with Crippen LogP contribution in [0.25, 0.3) is 28.1 Å². The molecule has 0 atom stereocenters. The van der Waals surface area contributed by atoms with Crippen LogP contribution in [-0.2, 0) is 0 Å². The largest absolute Gasteiger partial charge is 0.289 e. The van der Waals surface area contributed by atoms with Crippen molar-refractivity contribution in [2.45, 2.75) is 0 Å². The fourth-order valence-electron chi connectivity index (χ4n) is 2.10. The van der Waals surface area contributed by atoms with Gasteiger partial charge in [-0.25, -0.2) is 0 Å². The molecule has 0 bridgehead atoms. The maximum atomic E-state index is 11.9. The van der Waals surface area contributed by atoms with E-state index in [0.29, 0.717) is 5.22 Å². The van der Waals surface area contributed by atoms with Crippen molar-refractivity contribution in [3.8, 4) is 0 Å². The Hall–Kier alpha value is -1.41. The summed E-state index contributed by atoms with van der Waals surface area (Å²) in [4.78, 5) is 11.9. The quantitative estimate of drug-likeness (QED) is 0.606. The zero-order valence-electron chi connectivity index (χ0n) is 7.88. The van der Waals surface area contributed by atoms with Crippen molar-refractivity contribution in [3.05, 3.63) is 50.2 Å². The number of halogens is 1. The summed E-state index contributed by atoms with van der Waals surface area (Å²) >= 11 is 3.49. The van der Waals surface area contributed by atoms with Gasteiger partial charge in [0.15, 0.2) is 5.43 Å². The van der Waals surface area contributed by atoms with Gasteiger partial charge in [-0.05, 0) is 22.9 Å². The molecule has 0 N–H and O–H groups in total. The summed E-state index contributed by atoms with van der Waals surface area (Å²) in [5, 5.41) is 4.45. The van der Waals surface area contributed by atoms with E-state index in [0.717, 1.165) is 26.0 Å². The Kier molecular flexibility index (Phi) is 1.65. The minimum atomic E-state index is 0.0497. The van der Waals surface area contributed by atoms with Crippen molar-refractivity contribution in [2.24, 2.45) is 0 Å². The van der Waals surface area contributed by atoms with E-state index in [1.54, 1.807) is 0 Å². The third-order valence-corrected chi connectivity index (χ3v) is 3.52. The first-order chi connectivity index (χ1) is 7.20. The molecule has 0 saturated heterocycles. The third-order valence-electron chi connectivity index (χ3n) is 2.83. The lowest BCUT2D eigenvalue weighted by Crippen LogP contribution is -2.16. The van der Waals surface area contributed by atoms with E-state index in [2.05, 4.69) is 22.5 Å². The predicted octanol–water partition coefficient (Wildman–Crippen LogP) is 2.68. The highest BCUT2D eigenvalue weighted by Crippen LogP contribution is 2.29. The van der Waals surface area contributed by atoms with E-state index < -0.39 is 0 Å². The highest BCUT2D eigenvalue weighted by atomic mass is 79.9. The molecule has 3 aromatic carbocycles. The first-order valence-corrected chi connectivity index (χ1v) is 5.44. The molecule has 3 aromatic rings. The lowest BCUT2D eigenvalue weighted by Gasteiger charge is -1.99. The highest BCUT2D eigenvalue weighted by Gasteiger charge is 2.10. The normalized spacial score (nSPS) is 11.5. The van der Waals surface area contributed by atoms with Gasteiger partial charge in [-0.1, -0.05) is 40.7 Å². The molecule has 0 aliphatic carbocycles. The second-order valence-corrected chi connectivity index (χ2v) is 4.49. The first-order valence-electron chi connectivity index (χ1n) is 4.65. The summed E-state index contributed by atoms with van der Waals surface area (Å²) in [6.45, 7) is 3.84. The van der Waals surface area contributed by atoms with Crippen LogP contribution in [0.15, 0.2) is 39.6 Å². The van der Waals surface area contributed by atoms with Crippen molar-refractivity contribution in [3.63, 3.8) is 0 Å². The number of hydrogen-bond acceptors (Lipinski definition) is 1. The van der Waals surface area contributed by atoms with Gasteiger partial charge < -0.3 is 0 Å². The van der Waals surface area contributed by atoms with E-state index in [1.807, 2.05) is 30.3 Å². The van der Waals surface area contributed by atoms with Gasteiger partial charge in [-0.2, -0.15) is 0 Å². The second-order valence-electron chi connectivity index (χ2n) is 3.63. The van der Waals surface area contributed by atoms with Crippen LogP contribution in [0.1, 0.15) is 0 Å². The minimum absolute atomic E-state index is 0.0497. The Morgan fingerprint density at radius 2 is 1.73 bits per heavy atom. The molecule has 3 rings (SSSR count). The maximum Gasteiger partial charge on any atom is 0.193 e. The molecule has 0 radical (unpaired) electrons. The van der Waals surface area contributed by atoms with Gasteiger partial charge in [-0.3, -0.25) is 4.79 Å². The smallest absolute Gasteiger partial charge is 0.193 e. The van der Waals surface area contributed by atoms with Crippen LogP contribution >= 0.6 is 15.9 Å². The molecule has 0 spiro atoms. The van der Waals surface area contributed by atoms with Gasteiger partial charge in [0.1, 0.15) is 0 Å². The van der Waals surface area contributed by atoms with Crippen LogP contribution in [-0.4, -0.2) is 0 Å². The van der Waals surface area contributed by atoms with E-state index >= 15 is 0 Å². The molecular weight excluding hydrogens is 252 g/mol. The fraction of sp³-hybridized carbons (Fsp3) is 0. The molecule has 0 heterocycles. The molecule has 0 fully saturated rings. The lowest BCUT2D eigenvalue weighted by atomic mass is 10.1. The zero-order chi connectivity index (χ0) is 10.6. The summed E-state index contributed by atoms with van der Waals surface area (Å²) in [7, 11) is 0. The standard InChI is InChI=1S/C13H7BrO/c1-7-8-3-2-4-9-11(14)6-5-10(12(8)9)13(7)15/h2-6H,1H2. The van der Waals surface area contributed by atoms with Crippen LogP contribution in [0.4, 0.5) is 0 Å². The summed E-state index contributed by atoms with van der Waals surface area (Å²) in [5.41, 5.74) is 0.0497. The molecule has 72 valence electrons. The number of rotatable bonds is 0. The molecule has 0 aliphatic rings. The molecule has 0 aromatic heterocycles. The van der Waals surface area contributed by atoms with Gasteiger partial charge >= 0.3 is 0 Å². The van der Waals surface area contributed by atoms with Gasteiger partial charge in [0, 0.05) is 20.5 Å². The zero-order valence-corrected chi connectivity index (χ0v) is 9.47. The van der Waals surface area contributed by atoms with Crippen molar-refractivity contribution in [1.29, 1.82) is 0 Å². The van der Waals surface area contributed by atoms with Crippen molar-refractivity contribution in [1.82, 2.24) is 0 Å². The third kappa shape index (κ3) is 0.999. The Morgan fingerprint density at radius 3 is 2.53 bits per heavy atom. The minimum Gasteiger partial charge on any atom is -0.289 e. The van der Waals surface area contributed by atoms with Crippen molar-refractivity contribution < 1.29 is 0 Å². The van der Waals surface area contributed by atoms with Crippen LogP contribution in [0, 0.1) is 0 Å². The molecule has 0 amide bonds. The van der Waals surface area contributed by atoms with Gasteiger partial charge in [0.25, 0.3) is 0 Å². The van der Waals surface area contributed by atoms with Crippen LogP contribution in [0.5, 0.6) is 0 Å². The van der Waals surface area contributed by atoms with Crippen LogP contribution in [0.3, 0.4) is 0 Å². The fourth-order valence-corrected chi connectivity index (χ4v) is 2.56. The average Bonchev–Trinajstić information content (AvgIpc) is 2.50. The SMILES string of the molecule is C=c1c(=O)c2ccc(Br)c3cccc1c32. The Morgan fingerprint density at radius 1 is 1.00 bits per heavy atom. The van der Waals surface area contributed by atoms with Crippen molar-refractivity contribution >= 4 is 44.1 Å². The van der Waals surface area contributed by atoms with Gasteiger partial charge in [0.05, 0.1) is 0 Å². The van der Waals surface area contributed by atoms with Gasteiger partial charge in [-0.15, -0.1) is 0 Å². The molecule has 1 nitrogen and oxygen atoms in total. The Balaban J connectivity index is 2.88. The monoisotopic (exact) mass is 258 g/mol. The predicted molar refractivity (Wildman–Crippen MR) is 67.4 cm³/mol. The molecular formula is C13H7BrO. The highest BCUT2D eigenvalue weighted by molar-refractivity contribution is 9.10.